The number of nitrogens with zero attached hydrogens (tertiary/aromatic N) is 2. The zero-order valence-electron chi connectivity index (χ0n) is 15.4. The van der Waals surface area contributed by atoms with Crippen LogP contribution in [0.3, 0.4) is 0 Å². The average molecular weight is 365 g/mol. The number of carbonyl (C=O) groups is 2. The van der Waals surface area contributed by atoms with Crippen molar-refractivity contribution in [3.63, 3.8) is 0 Å². The van der Waals surface area contributed by atoms with Gasteiger partial charge in [-0.15, -0.1) is 0 Å². The number of carbonyl (C=O) groups excluding carboxylic acids is 2. The van der Waals surface area contributed by atoms with Gasteiger partial charge in [0.05, 0.1) is 29.8 Å². The van der Waals surface area contributed by atoms with Crippen molar-refractivity contribution in [2.24, 2.45) is 0 Å². The molecule has 1 aromatic heterocycles. The van der Waals surface area contributed by atoms with Gasteiger partial charge < -0.3 is 10.1 Å². The summed E-state index contributed by atoms with van der Waals surface area (Å²) in [4.78, 5) is 31.6. The zero-order valence-corrected chi connectivity index (χ0v) is 15.4. The predicted octanol–water partition coefficient (Wildman–Crippen LogP) is 2.78. The summed E-state index contributed by atoms with van der Waals surface area (Å²) in [6, 6.07) is 10.9. The number of benzene rings is 1. The topological polar surface area (TPSA) is 71.5 Å². The van der Waals surface area contributed by atoms with Gasteiger partial charge in [-0.1, -0.05) is 17.7 Å². The molecule has 0 saturated carbocycles. The Morgan fingerprint density at radius 2 is 2.11 bits per heavy atom. The molecule has 4 rings (SSSR count). The molecule has 2 aliphatic heterocycles. The Labute approximate surface area is 158 Å². The number of anilines is 1. The van der Waals surface area contributed by atoms with E-state index in [-0.39, 0.29) is 24.3 Å². The third-order valence-electron chi connectivity index (χ3n) is 5.16. The van der Waals surface area contributed by atoms with Crippen LogP contribution in [0.1, 0.15) is 46.9 Å². The first-order valence-electron chi connectivity index (χ1n) is 9.37. The minimum absolute atomic E-state index is 0.0952. The van der Waals surface area contributed by atoms with Crippen molar-refractivity contribution in [2.45, 2.75) is 38.3 Å². The Hall–Kier alpha value is -2.73. The molecule has 1 saturated heterocycles. The van der Waals surface area contributed by atoms with Gasteiger partial charge in [0.1, 0.15) is 0 Å². The van der Waals surface area contributed by atoms with Crippen LogP contribution in [0.15, 0.2) is 42.6 Å². The fraction of sp³-hybridized carbons (Fsp3) is 0.381. The van der Waals surface area contributed by atoms with Crippen LogP contribution in [-0.4, -0.2) is 36.1 Å². The number of nitrogens with one attached hydrogen (secondary N) is 1. The molecule has 0 unspecified atom stereocenters. The third-order valence-corrected chi connectivity index (χ3v) is 5.16. The summed E-state index contributed by atoms with van der Waals surface area (Å²) >= 11 is 0. The van der Waals surface area contributed by atoms with Crippen LogP contribution < -0.4 is 10.2 Å². The van der Waals surface area contributed by atoms with Crippen LogP contribution >= 0.6 is 0 Å². The lowest BCUT2D eigenvalue weighted by molar-refractivity contribution is -0.121. The maximum Gasteiger partial charge on any atom is 0.260 e. The van der Waals surface area contributed by atoms with Gasteiger partial charge in [-0.2, -0.15) is 0 Å². The maximum absolute atomic E-state index is 13.0. The summed E-state index contributed by atoms with van der Waals surface area (Å²) in [5.41, 5.74) is 3.12. The Morgan fingerprint density at radius 1 is 1.30 bits per heavy atom. The molecule has 140 valence electrons. The van der Waals surface area contributed by atoms with Crippen molar-refractivity contribution >= 4 is 17.5 Å². The molecule has 27 heavy (non-hydrogen) atoms. The average Bonchev–Trinajstić information content (AvgIpc) is 3.29. The van der Waals surface area contributed by atoms with Gasteiger partial charge in [0.15, 0.2) is 0 Å². The fourth-order valence-electron chi connectivity index (χ4n) is 3.73. The van der Waals surface area contributed by atoms with Crippen molar-refractivity contribution in [3.05, 3.63) is 59.4 Å². The minimum atomic E-state index is -0.402. The van der Waals surface area contributed by atoms with Crippen LogP contribution in [0.2, 0.25) is 0 Å². The highest BCUT2D eigenvalue weighted by atomic mass is 16.5. The van der Waals surface area contributed by atoms with Gasteiger partial charge in [0.2, 0.25) is 5.91 Å². The van der Waals surface area contributed by atoms with E-state index < -0.39 is 6.04 Å². The highest BCUT2D eigenvalue weighted by Crippen LogP contribution is 2.38. The van der Waals surface area contributed by atoms with Crippen molar-refractivity contribution in [3.8, 4) is 0 Å². The Kier molecular flexibility index (Phi) is 4.90. The summed E-state index contributed by atoms with van der Waals surface area (Å²) in [5, 5.41) is 2.95. The molecular weight excluding hydrogens is 342 g/mol. The van der Waals surface area contributed by atoms with Gasteiger partial charge in [0, 0.05) is 25.0 Å². The van der Waals surface area contributed by atoms with Gasteiger partial charge in [-0.05, 0) is 44.0 Å². The van der Waals surface area contributed by atoms with E-state index in [1.54, 1.807) is 23.2 Å². The SMILES string of the molecule is Cc1ccc(N2C(=O)c3cccnc3[C@H]2CC(=O)NC[C@H]2CCCO2)cc1. The second-order valence-electron chi connectivity index (χ2n) is 7.11. The number of aryl methyl sites for hydroxylation is 1. The number of aromatic nitrogens is 1. The number of amides is 2. The van der Waals surface area contributed by atoms with Crippen LogP contribution in [0.25, 0.3) is 0 Å². The molecule has 1 fully saturated rings. The Balaban J connectivity index is 1.55. The maximum atomic E-state index is 13.0. The molecule has 6 nitrogen and oxygen atoms in total. The summed E-state index contributed by atoms with van der Waals surface area (Å²) in [7, 11) is 0. The van der Waals surface area contributed by atoms with E-state index >= 15 is 0 Å². The molecule has 2 amide bonds. The smallest absolute Gasteiger partial charge is 0.260 e. The lowest BCUT2D eigenvalue weighted by atomic mass is 10.1. The van der Waals surface area contributed by atoms with E-state index in [1.807, 2.05) is 31.2 Å². The highest BCUT2D eigenvalue weighted by molar-refractivity contribution is 6.11. The molecule has 6 heteroatoms. The standard InChI is InChI=1S/C21H23N3O3/c1-14-6-8-15(9-7-14)24-18(20-17(21(24)26)5-2-10-22-20)12-19(25)23-13-16-4-3-11-27-16/h2,5-10,16,18H,3-4,11-13H2,1H3,(H,23,25)/t16-,18-/m1/s1. The van der Waals surface area contributed by atoms with E-state index in [2.05, 4.69) is 10.3 Å². The van der Waals surface area contributed by atoms with Crippen molar-refractivity contribution in [2.75, 3.05) is 18.1 Å². The summed E-state index contributed by atoms with van der Waals surface area (Å²) in [6.45, 7) is 3.27. The van der Waals surface area contributed by atoms with Crippen molar-refractivity contribution in [1.82, 2.24) is 10.3 Å². The molecule has 2 atom stereocenters. The first-order chi connectivity index (χ1) is 13.1. The second kappa shape index (κ2) is 7.48. The van der Waals surface area contributed by atoms with Gasteiger partial charge in [0.25, 0.3) is 5.91 Å². The van der Waals surface area contributed by atoms with E-state index in [4.69, 9.17) is 4.74 Å². The Morgan fingerprint density at radius 3 is 2.85 bits per heavy atom. The van der Waals surface area contributed by atoms with Crippen LogP contribution in [0.4, 0.5) is 5.69 Å². The van der Waals surface area contributed by atoms with E-state index in [0.29, 0.717) is 17.8 Å². The first kappa shape index (κ1) is 17.7. The van der Waals surface area contributed by atoms with Gasteiger partial charge >= 0.3 is 0 Å². The molecule has 2 aromatic rings. The fourth-order valence-corrected chi connectivity index (χ4v) is 3.73. The molecule has 0 bridgehead atoms. The van der Waals surface area contributed by atoms with Crippen LogP contribution in [0, 0.1) is 6.92 Å². The number of ether oxygens (including phenoxy) is 1. The quantitative estimate of drug-likeness (QED) is 0.884. The second-order valence-corrected chi connectivity index (χ2v) is 7.11. The van der Waals surface area contributed by atoms with Crippen LogP contribution in [-0.2, 0) is 9.53 Å². The summed E-state index contributed by atoms with van der Waals surface area (Å²) in [5.74, 6) is -0.210. The van der Waals surface area contributed by atoms with E-state index in [0.717, 1.165) is 30.7 Å². The lowest BCUT2D eigenvalue weighted by Gasteiger charge is -2.25. The lowest BCUT2D eigenvalue weighted by Crippen LogP contribution is -2.36. The highest BCUT2D eigenvalue weighted by Gasteiger charge is 2.39. The number of pyridine rings is 1. The molecule has 1 N–H and O–H groups in total. The summed E-state index contributed by atoms with van der Waals surface area (Å²) < 4.78 is 5.56. The number of hydrogen-bond donors (Lipinski definition) is 1. The summed E-state index contributed by atoms with van der Waals surface area (Å²) in [6.07, 6.45) is 3.95. The number of rotatable bonds is 5. The van der Waals surface area contributed by atoms with E-state index in [1.165, 1.54) is 0 Å². The van der Waals surface area contributed by atoms with Gasteiger partial charge in [-0.3, -0.25) is 19.5 Å². The van der Waals surface area contributed by atoms with Crippen molar-refractivity contribution in [1.29, 1.82) is 0 Å². The minimum Gasteiger partial charge on any atom is -0.376 e. The molecule has 3 heterocycles. The van der Waals surface area contributed by atoms with E-state index in [9.17, 15) is 9.59 Å². The Bertz CT molecular complexity index is 844. The molecule has 0 radical (unpaired) electrons. The zero-order chi connectivity index (χ0) is 18.8. The third kappa shape index (κ3) is 3.57. The molecule has 1 aromatic carbocycles. The van der Waals surface area contributed by atoms with Crippen molar-refractivity contribution < 1.29 is 14.3 Å². The first-order valence-corrected chi connectivity index (χ1v) is 9.37. The monoisotopic (exact) mass is 365 g/mol. The van der Waals surface area contributed by atoms with Crippen LogP contribution in [0.5, 0.6) is 0 Å². The van der Waals surface area contributed by atoms with Gasteiger partial charge in [-0.25, -0.2) is 0 Å². The molecule has 2 aliphatic rings. The molecular formula is C21H23N3O3. The number of hydrogen-bond acceptors (Lipinski definition) is 4. The number of fused-ring (bicyclic) bond motifs is 1. The molecule has 0 aliphatic carbocycles. The normalized spacial score (nSPS) is 21.4. The predicted molar refractivity (Wildman–Crippen MR) is 102 cm³/mol. The largest absolute Gasteiger partial charge is 0.376 e. The molecule has 0 spiro atoms.